The first-order valence-corrected chi connectivity index (χ1v) is 19.8. The normalized spacial score (nSPS) is 25.3. The Morgan fingerprint density at radius 3 is 2.40 bits per heavy atom. The number of fused-ring (bicyclic) bond motifs is 9. The van der Waals surface area contributed by atoms with Crippen LogP contribution in [0, 0.1) is 11.3 Å². The number of amides is 1. The number of ether oxygens (including phenoxy) is 1. The van der Waals surface area contributed by atoms with Crippen LogP contribution < -0.4 is 4.74 Å². The van der Waals surface area contributed by atoms with Gasteiger partial charge in [-0.15, -0.1) is 0 Å². The minimum absolute atomic E-state index is 0.00456. The van der Waals surface area contributed by atoms with Gasteiger partial charge in [-0.25, -0.2) is 4.79 Å². The van der Waals surface area contributed by atoms with Gasteiger partial charge in [-0.3, -0.25) is 4.79 Å². The molecule has 278 valence electrons. The molecule has 53 heavy (non-hydrogen) atoms. The summed E-state index contributed by atoms with van der Waals surface area (Å²) < 4.78 is 6.08. The quantitative estimate of drug-likeness (QED) is 0.147. The summed E-state index contributed by atoms with van der Waals surface area (Å²) in [6, 6.07) is 29.8. The first kappa shape index (κ1) is 37.1. The molecule has 0 spiro atoms. The highest BCUT2D eigenvalue weighted by Gasteiger charge is 2.58. The van der Waals surface area contributed by atoms with E-state index in [1.165, 1.54) is 12.0 Å². The molecule has 2 N–H and O–H groups in total. The molecule has 2 bridgehead atoms. The SMILES string of the molecule is CC1=CCCC2(C)C(CCC2(O)CN(Cc2ccccc2)C(=O)Oc2ccc3ccccc3c2)c2ccc(cc2C(=O)C2CCCCC2)CC(O)CC1. The molecule has 2 fully saturated rings. The first-order chi connectivity index (χ1) is 25.6. The molecule has 1 amide bonds. The van der Waals surface area contributed by atoms with Crippen molar-refractivity contribution < 1.29 is 24.5 Å². The molecule has 4 aliphatic rings. The number of ketones is 1. The zero-order valence-electron chi connectivity index (χ0n) is 31.4. The van der Waals surface area contributed by atoms with Gasteiger partial charge in [0.2, 0.25) is 0 Å². The lowest BCUT2D eigenvalue weighted by molar-refractivity contribution is -0.0802. The summed E-state index contributed by atoms with van der Waals surface area (Å²) >= 11 is 0. The third-order valence-electron chi connectivity index (χ3n) is 12.8. The van der Waals surface area contributed by atoms with Crippen LogP contribution in [0.1, 0.15) is 117 Å². The molecule has 6 heteroatoms. The van der Waals surface area contributed by atoms with Crippen LogP contribution >= 0.6 is 0 Å². The number of nitrogens with zero attached hydrogens (tertiary/aromatic N) is 1. The molecule has 2 saturated carbocycles. The number of allylic oxidation sites excluding steroid dienone is 2. The van der Waals surface area contributed by atoms with Gasteiger partial charge in [-0.05, 0) is 116 Å². The predicted octanol–water partition coefficient (Wildman–Crippen LogP) is 10.3. The van der Waals surface area contributed by atoms with E-state index in [0.717, 1.165) is 71.6 Å². The molecule has 0 radical (unpaired) electrons. The van der Waals surface area contributed by atoms with Crippen LogP contribution in [0.2, 0.25) is 0 Å². The minimum Gasteiger partial charge on any atom is -0.410 e. The van der Waals surface area contributed by atoms with Gasteiger partial charge in [-0.2, -0.15) is 0 Å². The number of carbonyl (C=O) groups excluding carboxylic acids is 2. The fraction of sp³-hybridized carbons (Fsp3) is 0.447. The highest BCUT2D eigenvalue weighted by Crippen LogP contribution is 2.59. The van der Waals surface area contributed by atoms with Gasteiger partial charge in [0.15, 0.2) is 5.78 Å². The van der Waals surface area contributed by atoms with E-state index >= 15 is 0 Å². The van der Waals surface area contributed by atoms with Gasteiger partial charge in [0.05, 0.1) is 18.2 Å². The summed E-state index contributed by atoms with van der Waals surface area (Å²) in [6.45, 7) is 4.69. The van der Waals surface area contributed by atoms with E-state index in [0.29, 0.717) is 37.9 Å². The number of Topliss-reactive ketones (excluding diaryl/α,β-unsaturated/α-hetero) is 1. The maximum atomic E-state index is 14.4. The number of benzene rings is 4. The van der Waals surface area contributed by atoms with E-state index in [1.54, 1.807) is 4.90 Å². The standard InChI is InChI=1S/C47H55NO5/c1-33-12-11-26-46(2)43(41-24-20-35(28-39(49)22-19-33)29-42(41)44(50)37-16-7-4-8-17-37)25-27-47(46,52)32-48(31-34-13-5-3-6-14-34)45(51)53-40-23-21-36-15-9-10-18-38(36)30-40/h3,5-6,9-10,12-15,18,20-21,23-24,29-30,37,39,43,49,52H,4,7-8,11,16-17,19,22,25-28,31-32H2,1-2H3. The van der Waals surface area contributed by atoms with Crippen LogP contribution in [-0.2, 0) is 13.0 Å². The first-order valence-electron chi connectivity index (χ1n) is 19.8. The van der Waals surface area contributed by atoms with E-state index in [4.69, 9.17) is 4.74 Å². The Morgan fingerprint density at radius 2 is 1.60 bits per heavy atom. The smallest absolute Gasteiger partial charge is 0.410 e. The van der Waals surface area contributed by atoms with Gasteiger partial charge < -0.3 is 19.8 Å². The Balaban J connectivity index is 1.26. The molecule has 4 atom stereocenters. The summed E-state index contributed by atoms with van der Waals surface area (Å²) in [5.41, 5.74) is 3.02. The van der Waals surface area contributed by atoms with Crippen molar-refractivity contribution in [2.45, 2.75) is 115 Å². The second-order valence-corrected chi connectivity index (χ2v) is 16.4. The van der Waals surface area contributed by atoms with Crippen molar-refractivity contribution >= 4 is 22.6 Å². The number of aliphatic hydroxyl groups excluding tert-OH is 1. The molecule has 4 aromatic rings. The van der Waals surface area contributed by atoms with E-state index < -0.39 is 23.2 Å². The zero-order valence-corrected chi connectivity index (χ0v) is 31.4. The van der Waals surface area contributed by atoms with E-state index in [9.17, 15) is 19.8 Å². The van der Waals surface area contributed by atoms with Crippen molar-refractivity contribution in [3.8, 4) is 5.75 Å². The van der Waals surface area contributed by atoms with Gasteiger partial charge >= 0.3 is 6.09 Å². The van der Waals surface area contributed by atoms with Crippen molar-refractivity contribution in [1.82, 2.24) is 4.90 Å². The van der Waals surface area contributed by atoms with Crippen molar-refractivity contribution in [2.75, 3.05) is 6.54 Å². The summed E-state index contributed by atoms with van der Waals surface area (Å²) in [5.74, 6) is 0.580. The van der Waals surface area contributed by atoms with Gasteiger partial charge in [0, 0.05) is 23.4 Å². The van der Waals surface area contributed by atoms with Crippen LogP contribution in [-0.4, -0.2) is 45.2 Å². The van der Waals surface area contributed by atoms with E-state index in [2.05, 4.69) is 38.1 Å². The highest BCUT2D eigenvalue weighted by atomic mass is 16.6. The van der Waals surface area contributed by atoms with Gasteiger partial charge in [0.25, 0.3) is 0 Å². The average Bonchev–Trinajstić information content (AvgIpc) is 3.42. The third-order valence-corrected chi connectivity index (χ3v) is 12.8. The fourth-order valence-electron chi connectivity index (χ4n) is 9.50. The zero-order chi connectivity index (χ0) is 37.0. The Morgan fingerprint density at radius 1 is 0.849 bits per heavy atom. The van der Waals surface area contributed by atoms with Crippen LogP contribution in [0.3, 0.4) is 0 Å². The molecular weight excluding hydrogens is 659 g/mol. The molecule has 4 aromatic carbocycles. The van der Waals surface area contributed by atoms with Crippen LogP contribution in [0.4, 0.5) is 4.79 Å². The maximum Gasteiger partial charge on any atom is 0.415 e. The number of aliphatic hydroxyl groups is 2. The van der Waals surface area contributed by atoms with Crippen molar-refractivity contribution in [2.24, 2.45) is 11.3 Å². The summed E-state index contributed by atoms with van der Waals surface area (Å²) in [4.78, 5) is 30.3. The molecule has 6 nitrogen and oxygen atoms in total. The van der Waals surface area contributed by atoms with Crippen molar-refractivity contribution in [3.63, 3.8) is 0 Å². The number of hydrogen-bond acceptors (Lipinski definition) is 5. The molecule has 4 aliphatic carbocycles. The Labute approximate surface area is 314 Å². The minimum atomic E-state index is -1.26. The Kier molecular flexibility index (Phi) is 11.2. The van der Waals surface area contributed by atoms with Crippen LogP contribution in [0.15, 0.2) is 103 Å². The largest absolute Gasteiger partial charge is 0.415 e. The number of carbonyl (C=O) groups is 2. The molecule has 8 rings (SSSR count). The summed E-state index contributed by atoms with van der Waals surface area (Å²) in [5, 5.41) is 26.1. The lowest BCUT2D eigenvalue weighted by Crippen LogP contribution is -2.54. The third kappa shape index (κ3) is 8.14. The number of hydrogen-bond donors (Lipinski definition) is 2. The Bertz CT molecular complexity index is 1950. The van der Waals surface area contributed by atoms with Crippen LogP contribution in [0.5, 0.6) is 5.75 Å². The molecule has 0 saturated heterocycles. The van der Waals surface area contributed by atoms with Crippen LogP contribution in [0.25, 0.3) is 10.8 Å². The highest BCUT2D eigenvalue weighted by molar-refractivity contribution is 5.99. The fourth-order valence-corrected chi connectivity index (χ4v) is 9.50. The second kappa shape index (κ2) is 16.0. The Hall–Kier alpha value is -4.26. The van der Waals surface area contributed by atoms with Crippen molar-refractivity contribution in [1.29, 1.82) is 0 Å². The second-order valence-electron chi connectivity index (χ2n) is 16.4. The van der Waals surface area contributed by atoms with Gasteiger partial charge in [0.1, 0.15) is 5.75 Å². The lowest BCUT2D eigenvalue weighted by atomic mass is 9.64. The molecule has 0 aromatic heterocycles. The maximum absolute atomic E-state index is 14.4. The summed E-state index contributed by atoms with van der Waals surface area (Å²) in [6.07, 6.45) is 11.0. The molecule has 0 heterocycles. The predicted molar refractivity (Wildman–Crippen MR) is 211 cm³/mol. The molecule has 0 aliphatic heterocycles. The van der Waals surface area contributed by atoms with Gasteiger partial charge in [-0.1, -0.05) is 111 Å². The monoisotopic (exact) mass is 713 g/mol. The van der Waals surface area contributed by atoms with E-state index in [-0.39, 0.29) is 30.7 Å². The van der Waals surface area contributed by atoms with E-state index in [1.807, 2.05) is 72.8 Å². The lowest BCUT2D eigenvalue weighted by Gasteiger charge is -2.46. The summed E-state index contributed by atoms with van der Waals surface area (Å²) in [7, 11) is 0. The molecular formula is C47H55NO5. The average molecular weight is 714 g/mol. The topological polar surface area (TPSA) is 87.1 Å². The number of rotatable bonds is 7. The van der Waals surface area contributed by atoms with Crippen molar-refractivity contribution in [3.05, 3.63) is 125 Å². The molecule has 4 unspecified atom stereocenters.